The summed E-state index contributed by atoms with van der Waals surface area (Å²) in [5.74, 6) is -1.72. The number of hydrogen-bond donors (Lipinski definition) is 0. The highest BCUT2D eigenvalue weighted by Crippen LogP contribution is 2.39. The number of alkyl halides is 3. The molecular weight excluding hydrogens is 331 g/mol. The van der Waals surface area contributed by atoms with E-state index in [9.17, 15) is 13.2 Å². The molecule has 8 heteroatoms. The summed E-state index contributed by atoms with van der Waals surface area (Å²) in [7, 11) is 0. The van der Waals surface area contributed by atoms with E-state index in [4.69, 9.17) is 5.53 Å². The first-order chi connectivity index (χ1) is 12.0. The monoisotopic (exact) mass is 341 g/mol. The van der Waals surface area contributed by atoms with Gasteiger partial charge in [0.15, 0.2) is 0 Å². The summed E-state index contributed by atoms with van der Waals surface area (Å²) in [4.78, 5) is 9.77. The van der Waals surface area contributed by atoms with Crippen LogP contribution in [0.4, 0.5) is 19.0 Å². The molecule has 0 amide bonds. The van der Waals surface area contributed by atoms with Crippen LogP contribution in [0.15, 0.2) is 65.8 Å². The Morgan fingerprint density at radius 3 is 1.92 bits per heavy atom. The second-order valence-electron chi connectivity index (χ2n) is 5.01. The zero-order valence-corrected chi connectivity index (χ0v) is 12.6. The first kappa shape index (κ1) is 16.5. The predicted molar refractivity (Wildman–Crippen MR) is 86.7 cm³/mol. The minimum absolute atomic E-state index is 0.0523. The Labute approximate surface area is 140 Å². The molecule has 0 aliphatic carbocycles. The second-order valence-corrected chi connectivity index (χ2v) is 5.01. The lowest BCUT2D eigenvalue weighted by molar-refractivity contribution is -0.144. The van der Waals surface area contributed by atoms with Gasteiger partial charge in [0, 0.05) is 16.0 Å². The minimum Gasteiger partial charge on any atom is -0.224 e. The van der Waals surface area contributed by atoms with E-state index in [1.165, 1.54) is 0 Å². The number of nitrogens with zero attached hydrogens (tertiary/aromatic N) is 5. The Hall–Kier alpha value is -3.38. The molecule has 1 heterocycles. The van der Waals surface area contributed by atoms with Crippen molar-refractivity contribution in [3.8, 4) is 22.4 Å². The molecule has 0 bridgehead atoms. The van der Waals surface area contributed by atoms with Gasteiger partial charge in [-0.3, -0.25) is 0 Å². The van der Waals surface area contributed by atoms with E-state index in [0.29, 0.717) is 11.1 Å². The fourth-order valence-electron chi connectivity index (χ4n) is 2.37. The molecule has 3 aromatic rings. The standard InChI is InChI=1S/C17H10F3N5/c18-17(19,20)16-22-14(12-9-5-2-6-10-12)13(15(23-16)24-25-21)11-7-3-1-4-8-11/h1-10H. The number of benzene rings is 2. The van der Waals surface area contributed by atoms with Crippen LogP contribution in [0.5, 0.6) is 0 Å². The van der Waals surface area contributed by atoms with E-state index < -0.39 is 12.0 Å². The van der Waals surface area contributed by atoms with Crippen LogP contribution in [-0.4, -0.2) is 9.97 Å². The SMILES string of the molecule is [N-]=[N+]=Nc1nc(C(F)(F)F)nc(-c2ccccc2)c1-c1ccccc1. The lowest BCUT2D eigenvalue weighted by Crippen LogP contribution is -2.12. The fraction of sp³-hybridized carbons (Fsp3) is 0.0588. The van der Waals surface area contributed by atoms with Crippen LogP contribution in [0.3, 0.4) is 0 Å². The van der Waals surface area contributed by atoms with E-state index in [1.54, 1.807) is 60.7 Å². The maximum absolute atomic E-state index is 13.2. The van der Waals surface area contributed by atoms with Crippen molar-refractivity contribution < 1.29 is 13.2 Å². The summed E-state index contributed by atoms with van der Waals surface area (Å²) in [6.45, 7) is 0. The van der Waals surface area contributed by atoms with Crippen molar-refractivity contribution in [2.75, 3.05) is 0 Å². The van der Waals surface area contributed by atoms with Crippen molar-refractivity contribution in [2.24, 2.45) is 5.11 Å². The lowest BCUT2D eigenvalue weighted by Gasteiger charge is -2.15. The van der Waals surface area contributed by atoms with Gasteiger partial charge in [0.05, 0.1) is 5.69 Å². The molecule has 3 rings (SSSR count). The summed E-state index contributed by atoms with van der Waals surface area (Å²) in [5, 5.41) is 3.37. The average Bonchev–Trinajstić information content (AvgIpc) is 2.62. The van der Waals surface area contributed by atoms with E-state index in [1.807, 2.05) is 0 Å². The van der Waals surface area contributed by atoms with E-state index in [2.05, 4.69) is 20.0 Å². The van der Waals surface area contributed by atoms with Gasteiger partial charge in [-0.2, -0.15) is 13.2 Å². The zero-order valence-electron chi connectivity index (χ0n) is 12.6. The molecule has 5 nitrogen and oxygen atoms in total. The quantitative estimate of drug-likeness (QED) is 0.344. The largest absolute Gasteiger partial charge is 0.451 e. The van der Waals surface area contributed by atoms with Crippen molar-refractivity contribution in [1.29, 1.82) is 0 Å². The van der Waals surface area contributed by atoms with Gasteiger partial charge in [-0.05, 0) is 16.2 Å². The maximum Gasteiger partial charge on any atom is 0.451 e. The Kier molecular flexibility index (Phi) is 4.36. The lowest BCUT2D eigenvalue weighted by atomic mass is 9.99. The summed E-state index contributed by atoms with van der Waals surface area (Å²) in [6, 6.07) is 17.0. The Bertz CT molecular complexity index is 934. The van der Waals surface area contributed by atoms with E-state index >= 15 is 0 Å². The second kappa shape index (κ2) is 6.62. The number of rotatable bonds is 3. The van der Waals surface area contributed by atoms with Gasteiger partial charge in [0.2, 0.25) is 5.82 Å². The molecule has 0 saturated carbocycles. The van der Waals surface area contributed by atoms with Crippen molar-refractivity contribution in [1.82, 2.24) is 9.97 Å². The van der Waals surface area contributed by atoms with Gasteiger partial charge < -0.3 is 0 Å². The van der Waals surface area contributed by atoms with Crippen molar-refractivity contribution >= 4 is 5.82 Å². The zero-order chi connectivity index (χ0) is 17.9. The number of azide groups is 1. The molecule has 0 aliphatic heterocycles. The highest BCUT2D eigenvalue weighted by molar-refractivity contribution is 5.87. The van der Waals surface area contributed by atoms with Crippen LogP contribution in [-0.2, 0) is 6.18 Å². The van der Waals surface area contributed by atoms with Crippen LogP contribution in [0.1, 0.15) is 5.82 Å². The topological polar surface area (TPSA) is 74.5 Å². The van der Waals surface area contributed by atoms with Crippen LogP contribution in [0.25, 0.3) is 32.8 Å². The highest BCUT2D eigenvalue weighted by atomic mass is 19.4. The van der Waals surface area contributed by atoms with Gasteiger partial charge in [-0.15, -0.1) is 0 Å². The Morgan fingerprint density at radius 1 is 0.840 bits per heavy atom. The normalized spacial score (nSPS) is 11.0. The smallest absolute Gasteiger partial charge is 0.224 e. The third kappa shape index (κ3) is 3.44. The minimum atomic E-state index is -4.77. The van der Waals surface area contributed by atoms with Crippen LogP contribution >= 0.6 is 0 Å². The Morgan fingerprint density at radius 2 is 1.40 bits per heavy atom. The molecule has 0 spiro atoms. The van der Waals surface area contributed by atoms with Gasteiger partial charge in [-0.1, -0.05) is 60.7 Å². The number of aromatic nitrogens is 2. The van der Waals surface area contributed by atoms with Crippen LogP contribution in [0.2, 0.25) is 0 Å². The van der Waals surface area contributed by atoms with Crippen molar-refractivity contribution in [2.45, 2.75) is 6.18 Å². The summed E-state index contributed by atoms with van der Waals surface area (Å²) >= 11 is 0. The molecule has 0 fully saturated rings. The molecule has 124 valence electrons. The summed E-state index contributed by atoms with van der Waals surface area (Å²) in [6.07, 6.45) is -4.77. The van der Waals surface area contributed by atoms with Crippen molar-refractivity contribution in [3.05, 3.63) is 76.9 Å². The molecule has 0 saturated heterocycles. The molecule has 0 N–H and O–H groups in total. The van der Waals surface area contributed by atoms with Gasteiger partial charge in [-0.25, -0.2) is 9.97 Å². The highest BCUT2D eigenvalue weighted by Gasteiger charge is 2.36. The van der Waals surface area contributed by atoms with E-state index in [0.717, 1.165) is 0 Å². The Balaban J connectivity index is 2.40. The molecule has 1 aromatic heterocycles. The molecule has 0 radical (unpaired) electrons. The van der Waals surface area contributed by atoms with Gasteiger partial charge >= 0.3 is 6.18 Å². The number of halogens is 3. The average molecular weight is 341 g/mol. The van der Waals surface area contributed by atoms with Crippen LogP contribution < -0.4 is 0 Å². The van der Waals surface area contributed by atoms with E-state index in [-0.39, 0.29) is 17.1 Å². The fourth-order valence-corrected chi connectivity index (χ4v) is 2.37. The molecular formula is C17H10F3N5. The maximum atomic E-state index is 13.2. The molecule has 2 aromatic carbocycles. The first-order valence-electron chi connectivity index (χ1n) is 7.16. The predicted octanol–water partition coefficient (Wildman–Crippen LogP) is 5.77. The van der Waals surface area contributed by atoms with Gasteiger partial charge in [0.25, 0.3) is 0 Å². The molecule has 0 aliphatic rings. The van der Waals surface area contributed by atoms with Crippen LogP contribution in [0, 0.1) is 0 Å². The number of hydrogen-bond acceptors (Lipinski definition) is 3. The third-order valence-corrected chi connectivity index (χ3v) is 3.39. The summed E-state index contributed by atoms with van der Waals surface area (Å²) in [5.41, 5.74) is 10.1. The summed E-state index contributed by atoms with van der Waals surface area (Å²) < 4.78 is 39.5. The molecule has 0 unspecified atom stereocenters. The molecule has 0 atom stereocenters. The molecule has 25 heavy (non-hydrogen) atoms. The van der Waals surface area contributed by atoms with Gasteiger partial charge in [0.1, 0.15) is 5.82 Å². The first-order valence-corrected chi connectivity index (χ1v) is 7.16. The van der Waals surface area contributed by atoms with Crippen molar-refractivity contribution in [3.63, 3.8) is 0 Å². The third-order valence-electron chi connectivity index (χ3n) is 3.39.